The van der Waals surface area contributed by atoms with Gasteiger partial charge in [-0.25, -0.2) is 0 Å². The van der Waals surface area contributed by atoms with Crippen molar-refractivity contribution in [3.63, 3.8) is 0 Å². The van der Waals surface area contributed by atoms with E-state index in [1.165, 1.54) is 11.1 Å². The van der Waals surface area contributed by atoms with Gasteiger partial charge in [-0.15, -0.1) is 41.6 Å². The fraction of sp³-hybridized carbons (Fsp3) is 0.219. The molecule has 0 fully saturated rings. The van der Waals surface area contributed by atoms with E-state index in [1.54, 1.807) is 0 Å². The van der Waals surface area contributed by atoms with Crippen molar-refractivity contribution in [2.75, 3.05) is 0 Å². The third-order valence-corrected chi connectivity index (χ3v) is 5.75. The third kappa shape index (κ3) is 7.24. The molecule has 0 amide bonds. The molecule has 178 valence electrons. The Morgan fingerprint density at radius 3 is 1.86 bits per heavy atom. The van der Waals surface area contributed by atoms with E-state index in [2.05, 4.69) is 88.4 Å². The molecule has 1 unspecified atom stereocenters. The Bertz CT molecular complexity index is 1130. The molecule has 1 aromatic heterocycles. The zero-order chi connectivity index (χ0) is 22.5. The van der Waals surface area contributed by atoms with Crippen LogP contribution < -0.4 is 0 Å². The van der Waals surface area contributed by atoms with E-state index in [0.717, 1.165) is 28.2 Å². The Balaban J connectivity index is 0.00000204. The van der Waals surface area contributed by atoms with Gasteiger partial charge in [0.2, 0.25) is 0 Å². The number of rotatable bonds is 7. The predicted molar refractivity (Wildman–Crippen MR) is 147 cm³/mol. The van der Waals surface area contributed by atoms with Crippen LogP contribution >= 0.6 is 0 Å². The number of aromatic nitrogens is 1. The number of benzene rings is 3. The van der Waals surface area contributed by atoms with E-state index in [-0.39, 0.29) is 46.7 Å². The van der Waals surface area contributed by atoms with Gasteiger partial charge < -0.3 is 25.2 Å². The summed E-state index contributed by atoms with van der Waals surface area (Å²) < 4.78 is 0. The van der Waals surface area contributed by atoms with Gasteiger partial charge in [0.25, 0.3) is 0 Å². The van der Waals surface area contributed by atoms with Crippen molar-refractivity contribution < 1.29 is 25.8 Å². The number of para-hydroxylation sites is 1. The average Bonchev–Trinajstić information content (AvgIpc) is 2.83. The molecule has 0 aliphatic heterocycles. The monoisotopic (exact) mass is 628 g/mol. The first-order valence-electron chi connectivity index (χ1n) is 11.4. The van der Waals surface area contributed by atoms with Gasteiger partial charge in [-0.1, -0.05) is 105 Å². The molecule has 35 heavy (non-hydrogen) atoms. The van der Waals surface area contributed by atoms with Gasteiger partial charge in [0, 0.05) is 5.69 Å². The first kappa shape index (κ1) is 30.5. The number of hydrogen-bond donors (Lipinski definition) is 0. The summed E-state index contributed by atoms with van der Waals surface area (Å²) in [6.07, 6.45) is 0. The minimum Gasteiger partial charge on any atom is -0.673 e. The van der Waals surface area contributed by atoms with Crippen LogP contribution in [0.15, 0.2) is 91.0 Å². The van der Waals surface area contributed by atoms with Crippen LogP contribution in [-0.2, 0) is 25.8 Å². The molecule has 3 heteroatoms. The maximum atomic E-state index is 5.40. The Hall–Kier alpha value is -2.52. The Morgan fingerprint density at radius 1 is 0.686 bits per heavy atom. The summed E-state index contributed by atoms with van der Waals surface area (Å²) in [6, 6.07) is 34.3. The second kappa shape index (κ2) is 14.1. The average molecular weight is 627 g/mol. The van der Waals surface area contributed by atoms with E-state index < -0.39 is 0 Å². The van der Waals surface area contributed by atoms with Crippen LogP contribution in [0.4, 0.5) is 5.69 Å². The van der Waals surface area contributed by atoms with Crippen LogP contribution in [0, 0.1) is 20.9 Å². The van der Waals surface area contributed by atoms with E-state index in [4.69, 9.17) is 10.3 Å². The van der Waals surface area contributed by atoms with Gasteiger partial charge in [-0.05, 0) is 29.6 Å². The molecule has 4 rings (SSSR count). The zero-order valence-corrected chi connectivity index (χ0v) is 25.4. The van der Waals surface area contributed by atoms with E-state index in [0.29, 0.717) is 11.8 Å². The molecule has 0 spiro atoms. The summed E-state index contributed by atoms with van der Waals surface area (Å²) in [7, 11) is 0. The van der Waals surface area contributed by atoms with Crippen molar-refractivity contribution in [3.05, 3.63) is 140 Å². The quantitative estimate of drug-likeness (QED) is 0.148. The van der Waals surface area contributed by atoms with Gasteiger partial charge in [0.15, 0.2) is 0 Å². The largest absolute Gasteiger partial charge is 4.00 e. The number of hydrogen-bond acceptors (Lipinski definition) is 1. The fourth-order valence-corrected chi connectivity index (χ4v) is 4.04. The van der Waals surface area contributed by atoms with E-state index >= 15 is 0 Å². The second-order valence-electron chi connectivity index (χ2n) is 8.76. The molecule has 1 heterocycles. The molecule has 0 bridgehead atoms. The smallest absolute Gasteiger partial charge is 0.673 e. The molecule has 3 aromatic carbocycles. The molecule has 0 radical (unpaired) electrons. The Morgan fingerprint density at radius 2 is 1.29 bits per heavy atom. The molecular weight excluding hydrogens is 591 g/mol. The molecule has 0 aliphatic rings. The van der Waals surface area contributed by atoms with Crippen molar-refractivity contribution in [1.82, 2.24) is 4.98 Å². The zero-order valence-electron chi connectivity index (χ0n) is 21.8. The fourth-order valence-electron chi connectivity index (χ4n) is 4.04. The minimum absolute atomic E-state index is 0. The molecule has 0 N–H and O–H groups in total. The van der Waals surface area contributed by atoms with Crippen LogP contribution in [0.25, 0.3) is 16.6 Å². The van der Waals surface area contributed by atoms with Crippen molar-refractivity contribution in [2.45, 2.75) is 45.6 Å². The van der Waals surface area contributed by atoms with Crippen LogP contribution in [0.2, 0.25) is 0 Å². The third-order valence-electron chi connectivity index (χ3n) is 5.75. The molecule has 0 saturated carbocycles. The predicted octanol–water partition coefficient (Wildman–Crippen LogP) is 9.49. The summed E-state index contributed by atoms with van der Waals surface area (Å²) in [5.74, 6) is 0.782. The summed E-state index contributed by atoms with van der Waals surface area (Å²) in [5.41, 5.74) is 7.66. The number of pyridine rings is 1. The normalized spacial score (nSPS) is 11.1. The summed E-state index contributed by atoms with van der Waals surface area (Å²) >= 11 is 0. The van der Waals surface area contributed by atoms with Gasteiger partial charge in [0.1, 0.15) is 0 Å². The minimum atomic E-state index is -0.183. The maximum Gasteiger partial charge on any atom is 4.00 e. The van der Waals surface area contributed by atoms with E-state index in [1.807, 2.05) is 36.4 Å². The van der Waals surface area contributed by atoms with E-state index in [9.17, 15) is 0 Å². The number of nitrogens with zero attached hydrogens (tertiary/aromatic N) is 2. The van der Waals surface area contributed by atoms with Crippen LogP contribution in [-0.4, -0.2) is 4.98 Å². The van der Waals surface area contributed by atoms with Crippen molar-refractivity contribution >= 4 is 5.69 Å². The molecule has 0 aliphatic carbocycles. The molecule has 1 atom stereocenters. The van der Waals surface area contributed by atoms with Crippen molar-refractivity contribution in [2.24, 2.45) is 0 Å². The first-order chi connectivity index (χ1) is 15.5. The first-order valence-corrected chi connectivity index (χ1v) is 11.4. The van der Waals surface area contributed by atoms with Crippen LogP contribution in [0.1, 0.15) is 68.0 Å². The second-order valence-corrected chi connectivity index (χ2v) is 8.76. The molecule has 4 aromatic rings. The summed E-state index contributed by atoms with van der Waals surface area (Å²) in [6.45, 7) is 8.94. The maximum absolute atomic E-state index is 5.40. The van der Waals surface area contributed by atoms with Gasteiger partial charge in [-0.3, -0.25) is 0 Å². The van der Waals surface area contributed by atoms with Crippen molar-refractivity contribution in [3.8, 4) is 11.3 Å². The van der Waals surface area contributed by atoms with Gasteiger partial charge in [-0.2, -0.15) is 0 Å². The standard InChI is InChI=1S/C30H30N2.2CH3.Hf/c1-21(2)25-17-11-18-26(22(3)4)30(25)32-29(24-15-9-6-10-16-24)28-20-12-19-27(31-28)23-13-7-5-8-14-23;;;/h5-13,15-22,29H,1-4H3;2*1H3;/q-2;2*-1;+4. The van der Waals surface area contributed by atoms with Crippen LogP contribution in [0.3, 0.4) is 0 Å². The molecular formula is C32H36HfN2. The Labute approximate surface area is 232 Å². The van der Waals surface area contributed by atoms with Crippen LogP contribution in [0.5, 0.6) is 0 Å². The summed E-state index contributed by atoms with van der Waals surface area (Å²) in [5, 5.41) is 5.40. The summed E-state index contributed by atoms with van der Waals surface area (Å²) in [4.78, 5) is 5.04. The topological polar surface area (TPSA) is 27.0 Å². The Kier molecular flexibility index (Phi) is 12.3. The van der Waals surface area contributed by atoms with Gasteiger partial charge >= 0.3 is 25.8 Å². The SMILES string of the molecule is CC(C)c1cccc(C(C)C)c1[N-]C(c1ccccc1)c1cccc(-c2[c-]cccc2)n1.[CH3-].[CH3-].[Hf+4]. The van der Waals surface area contributed by atoms with Crippen molar-refractivity contribution in [1.29, 1.82) is 0 Å². The van der Waals surface area contributed by atoms with Gasteiger partial charge in [0.05, 0.1) is 0 Å². The molecule has 2 nitrogen and oxygen atoms in total. The molecule has 0 saturated heterocycles.